The molecule has 0 amide bonds. The zero-order valence-electron chi connectivity index (χ0n) is 12.6. The van der Waals surface area contributed by atoms with Crippen LogP contribution in [0.3, 0.4) is 0 Å². The van der Waals surface area contributed by atoms with E-state index in [1.165, 1.54) is 0 Å². The Morgan fingerprint density at radius 3 is 2.75 bits per heavy atom. The van der Waals surface area contributed by atoms with E-state index in [2.05, 4.69) is 15.0 Å². The highest BCUT2D eigenvalue weighted by Crippen LogP contribution is 2.25. The van der Waals surface area contributed by atoms with E-state index in [-0.39, 0.29) is 10.9 Å². The number of halogens is 2. The van der Waals surface area contributed by atoms with Crippen molar-refractivity contribution in [1.29, 1.82) is 0 Å². The first-order chi connectivity index (χ1) is 11.5. The Labute approximate surface area is 140 Å². The van der Waals surface area contributed by atoms with Gasteiger partial charge < -0.3 is 9.40 Å². The first kappa shape index (κ1) is 16.4. The Balaban J connectivity index is 1.72. The summed E-state index contributed by atoms with van der Waals surface area (Å²) < 4.78 is 30.9. The molecule has 0 bridgehead atoms. The summed E-state index contributed by atoms with van der Waals surface area (Å²) in [6.45, 7) is 1.99. The fraction of sp³-hybridized carbons (Fsp3) is 0.188. The molecule has 0 aliphatic rings. The van der Waals surface area contributed by atoms with E-state index in [1.807, 2.05) is 31.2 Å². The van der Waals surface area contributed by atoms with Gasteiger partial charge in [-0.15, -0.1) is 0 Å². The lowest BCUT2D eigenvalue weighted by atomic mass is 10.1. The van der Waals surface area contributed by atoms with Gasteiger partial charge in [0, 0.05) is 11.6 Å². The van der Waals surface area contributed by atoms with Gasteiger partial charge in [-0.1, -0.05) is 41.6 Å². The van der Waals surface area contributed by atoms with Crippen LogP contribution in [-0.4, -0.2) is 15.0 Å². The second kappa shape index (κ2) is 6.96. The standard InChI is InChI=1S/C16H13F2N3O2S/c1-9-2-4-10(5-3-9)12-7-19-14(23-12)8-24-16-20-11(15(17)18)6-13(22)21-16/h2-7,15H,8H2,1H3,(H,20,21,22). The van der Waals surface area contributed by atoms with E-state index in [0.717, 1.165) is 29.0 Å². The largest absolute Gasteiger partial charge is 0.440 e. The highest BCUT2D eigenvalue weighted by molar-refractivity contribution is 7.98. The van der Waals surface area contributed by atoms with Crippen LogP contribution in [0.2, 0.25) is 0 Å². The number of hydrogen-bond donors (Lipinski definition) is 1. The molecule has 124 valence electrons. The summed E-state index contributed by atoms with van der Waals surface area (Å²) in [7, 11) is 0. The Morgan fingerprint density at radius 2 is 2.04 bits per heavy atom. The number of aromatic nitrogens is 3. The van der Waals surface area contributed by atoms with Crippen LogP contribution in [-0.2, 0) is 5.75 Å². The molecular formula is C16H13F2N3O2S. The summed E-state index contributed by atoms with van der Waals surface area (Å²) in [6.07, 6.45) is -1.19. The average Bonchev–Trinajstić information content (AvgIpc) is 3.02. The van der Waals surface area contributed by atoms with Crippen LogP contribution in [0.15, 0.2) is 50.9 Å². The fourth-order valence-electron chi connectivity index (χ4n) is 1.99. The number of hydrogen-bond acceptors (Lipinski definition) is 5. The topological polar surface area (TPSA) is 71.8 Å². The van der Waals surface area contributed by atoms with Crippen LogP contribution in [0, 0.1) is 6.92 Å². The van der Waals surface area contributed by atoms with Crippen molar-refractivity contribution >= 4 is 11.8 Å². The van der Waals surface area contributed by atoms with Crippen molar-refractivity contribution in [1.82, 2.24) is 15.0 Å². The minimum Gasteiger partial charge on any atom is -0.440 e. The number of rotatable bonds is 5. The molecule has 1 N–H and O–H groups in total. The van der Waals surface area contributed by atoms with Gasteiger partial charge in [0.2, 0.25) is 5.89 Å². The SMILES string of the molecule is Cc1ccc(-c2cnc(CSc3nc(C(F)F)cc(=O)[nH]3)o2)cc1. The zero-order valence-corrected chi connectivity index (χ0v) is 13.4. The summed E-state index contributed by atoms with van der Waals surface area (Å²) >= 11 is 1.07. The minimum atomic E-state index is -2.79. The van der Waals surface area contributed by atoms with Crippen LogP contribution < -0.4 is 5.56 Å². The van der Waals surface area contributed by atoms with Crippen LogP contribution in [0.25, 0.3) is 11.3 Å². The number of alkyl halides is 2. The van der Waals surface area contributed by atoms with E-state index in [1.54, 1.807) is 6.20 Å². The number of aromatic amines is 1. The number of nitrogens with zero attached hydrogens (tertiary/aromatic N) is 2. The molecule has 0 radical (unpaired) electrons. The molecule has 0 saturated carbocycles. The van der Waals surface area contributed by atoms with Crippen LogP contribution >= 0.6 is 11.8 Å². The molecule has 24 heavy (non-hydrogen) atoms. The Hall–Kier alpha value is -2.48. The van der Waals surface area contributed by atoms with Crippen LogP contribution in [0.1, 0.15) is 23.6 Å². The molecule has 1 aromatic carbocycles. The molecule has 8 heteroatoms. The van der Waals surface area contributed by atoms with Crippen molar-refractivity contribution in [2.75, 3.05) is 0 Å². The maximum absolute atomic E-state index is 12.7. The lowest BCUT2D eigenvalue weighted by Crippen LogP contribution is -2.10. The Bertz CT molecular complexity index is 891. The molecule has 0 aliphatic carbocycles. The quantitative estimate of drug-likeness (QED) is 0.557. The molecule has 2 aromatic heterocycles. The summed E-state index contributed by atoms with van der Waals surface area (Å²) in [6, 6.07) is 8.58. The van der Waals surface area contributed by atoms with Gasteiger partial charge in [-0.2, -0.15) is 0 Å². The third-order valence-corrected chi connectivity index (χ3v) is 4.04. The molecule has 0 saturated heterocycles. The lowest BCUT2D eigenvalue weighted by Gasteiger charge is -2.02. The van der Waals surface area contributed by atoms with E-state index in [9.17, 15) is 13.6 Å². The van der Waals surface area contributed by atoms with Gasteiger partial charge in [0.1, 0.15) is 5.69 Å². The predicted octanol–water partition coefficient (Wildman–Crippen LogP) is 3.96. The van der Waals surface area contributed by atoms with Gasteiger partial charge in [0.15, 0.2) is 10.9 Å². The zero-order chi connectivity index (χ0) is 17.1. The van der Waals surface area contributed by atoms with Crippen molar-refractivity contribution in [2.45, 2.75) is 24.3 Å². The minimum absolute atomic E-state index is 0.105. The van der Waals surface area contributed by atoms with Gasteiger partial charge in [0.05, 0.1) is 11.9 Å². The third kappa shape index (κ3) is 3.88. The third-order valence-electron chi connectivity index (χ3n) is 3.19. The Morgan fingerprint density at radius 1 is 1.29 bits per heavy atom. The van der Waals surface area contributed by atoms with Gasteiger partial charge in [-0.25, -0.2) is 18.7 Å². The van der Waals surface area contributed by atoms with Crippen molar-refractivity contribution in [3.63, 3.8) is 0 Å². The van der Waals surface area contributed by atoms with Crippen LogP contribution in [0.5, 0.6) is 0 Å². The van der Waals surface area contributed by atoms with Crippen LogP contribution in [0.4, 0.5) is 8.78 Å². The molecular weight excluding hydrogens is 336 g/mol. The molecule has 3 rings (SSSR count). The van der Waals surface area contributed by atoms with E-state index < -0.39 is 17.7 Å². The number of oxazole rings is 1. The number of benzene rings is 1. The lowest BCUT2D eigenvalue weighted by molar-refractivity contribution is 0.145. The van der Waals surface area contributed by atoms with E-state index in [0.29, 0.717) is 11.7 Å². The van der Waals surface area contributed by atoms with E-state index >= 15 is 0 Å². The number of thioether (sulfide) groups is 1. The average molecular weight is 349 g/mol. The summed E-state index contributed by atoms with van der Waals surface area (Å²) in [5.41, 5.74) is 0.878. The molecule has 5 nitrogen and oxygen atoms in total. The first-order valence-electron chi connectivity index (χ1n) is 7.05. The predicted molar refractivity (Wildman–Crippen MR) is 86.1 cm³/mol. The van der Waals surface area contributed by atoms with E-state index in [4.69, 9.17) is 4.42 Å². The first-order valence-corrected chi connectivity index (χ1v) is 8.04. The fourth-order valence-corrected chi connectivity index (χ4v) is 2.73. The number of aryl methyl sites for hydroxylation is 1. The van der Waals surface area contributed by atoms with Gasteiger partial charge in [-0.05, 0) is 6.92 Å². The summed E-state index contributed by atoms with van der Waals surface area (Å²) in [4.78, 5) is 21.6. The van der Waals surface area contributed by atoms with Crippen molar-refractivity contribution < 1.29 is 13.2 Å². The molecule has 3 aromatic rings. The molecule has 0 fully saturated rings. The second-order valence-electron chi connectivity index (χ2n) is 5.05. The maximum atomic E-state index is 12.7. The molecule has 2 heterocycles. The van der Waals surface area contributed by atoms with Gasteiger partial charge in [-0.3, -0.25) is 4.79 Å². The monoisotopic (exact) mass is 349 g/mol. The van der Waals surface area contributed by atoms with Gasteiger partial charge in [0.25, 0.3) is 12.0 Å². The highest BCUT2D eigenvalue weighted by atomic mass is 32.2. The molecule has 0 aliphatic heterocycles. The van der Waals surface area contributed by atoms with Crippen molar-refractivity contribution in [3.8, 4) is 11.3 Å². The molecule has 0 unspecified atom stereocenters. The van der Waals surface area contributed by atoms with Gasteiger partial charge >= 0.3 is 0 Å². The summed E-state index contributed by atoms with van der Waals surface area (Å²) in [5, 5.41) is 0.105. The summed E-state index contributed by atoms with van der Waals surface area (Å²) in [5.74, 6) is 1.30. The van der Waals surface area contributed by atoms with Crippen molar-refractivity contribution in [3.05, 3.63) is 64.0 Å². The molecule has 0 spiro atoms. The Kier molecular flexibility index (Phi) is 4.75. The smallest absolute Gasteiger partial charge is 0.280 e. The number of nitrogens with one attached hydrogen (secondary N) is 1. The number of H-pyrrole nitrogens is 1. The van der Waals surface area contributed by atoms with Crippen molar-refractivity contribution in [2.24, 2.45) is 0 Å². The highest BCUT2D eigenvalue weighted by Gasteiger charge is 2.13. The molecule has 0 atom stereocenters. The maximum Gasteiger partial charge on any atom is 0.280 e. The normalized spacial score (nSPS) is 11.2. The second-order valence-corrected chi connectivity index (χ2v) is 6.01.